The van der Waals surface area contributed by atoms with Crippen molar-refractivity contribution in [1.82, 2.24) is 9.21 Å². The van der Waals surface area contributed by atoms with Crippen LogP contribution in [-0.2, 0) is 24.3 Å². The predicted octanol–water partition coefficient (Wildman–Crippen LogP) is -0.887. The van der Waals surface area contributed by atoms with Crippen LogP contribution in [0, 0.1) is 0 Å². The van der Waals surface area contributed by atoms with E-state index in [4.69, 9.17) is 9.84 Å². The number of carbonyl (C=O) groups excluding carboxylic acids is 1. The molecule has 2 atom stereocenters. The van der Waals surface area contributed by atoms with Gasteiger partial charge in [-0.3, -0.25) is 9.59 Å². The summed E-state index contributed by atoms with van der Waals surface area (Å²) >= 11 is 0. The number of piperazine rings is 1. The molecule has 2 fully saturated rings. The molecule has 2 unspecified atom stereocenters. The van der Waals surface area contributed by atoms with Crippen molar-refractivity contribution >= 4 is 21.9 Å². The van der Waals surface area contributed by atoms with Crippen molar-refractivity contribution < 1.29 is 27.9 Å². The van der Waals surface area contributed by atoms with Crippen LogP contribution in [0.5, 0.6) is 0 Å². The summed E-state index contributed by atoms with van der Waals surface area (Å²) in [5, 5.41) is 7.37. The minimum absolute atomic E-state index is 0.101. The van der Waals surface area contributed by atoms with Crippen molar-refractivity contribution in [2.75, 3.05) is 32.8 Å². The first-order chi connectivity index (χ1) is 9.84. The van der Waals surface area contributed by atoms with Crippen molar-refractivity contribution in [3.8, 4) is 0 Å². The van der Waals surface area contributed by atoms with Gasteiger partial charge in [0, 0.05) is 32.8 Å². The lowest BCUT2D eigenvalue weighted by Crippen LogP contribution is -2.54. The molecule has 8 nitrogen and oxygen atoms in total. The monoisotopic (exact) mass is 320 g/mol. The van der Waals surface area contributed by atoms with Crippen LogP contribution >= 0.6 is 0 Å². The third kappa shape index (κ3) is 3.35. The van der Waals surface area contributed by atoms with E-state index < -0.39 is 27.3 Å². The van der Waals surface area contributed by atoms with Gasteiger partial charge in [0.25, 0.3) is 5.91 Å². The molecule has 0 spiro atoms. The fourth-order valence-electron chi connectivity index (χ4n) is 2.49. The third-order valence-corrected chi connectivity index (χ3v) is 6.09. The average Bonchev–Trinajstić information content (AvgIpc) is 2.99. The predicted molar refractivity (Wildman–Crippen MR) is 73.1 cm³/mol. The van der Waals surface area contributed by atoms with Gasteiger partial charge in [0.2, 0.25) is 10.0 Å². The summed E-state index contributed by atoms with van der Waals surface area (Å²) in [5.74, 6) is -1.47. The lowest BCUT2D eigenvalue weighted by molar-refractivity contribution is -0.142. The molecular weight excluding hydrogens is 300 g/mol. The Balaban J connectivity index is 1.94. The molecule has 0 aromatic heterocycles. The smallest absolute Gasteiger partial charge is 0.323 e. The Morgan fingerprint density at radius 1 is 1.24 bits per heavy atom. The quantitative estimate of drug-likeness (QED) is 0.721. The highest BCUT2D eigenvalue weighted by molar-refractivity contribution is 7.90. The fraction of sp³-hybridized carbons (Fsp3) is 0.833. The molecule has 9 heteroatoms. The molecule has 21 heavy (non-hydrogen) atoms. The second-order valence-corrected chi connectivity index (χ2v) is 7.50. The third-order valence-electron chi connectivity index (χ3n) is 3.91. The van der Waals surface area contributed by atoms with Gasteiger partial charge >= 0.3 is 5.97 Å². The first-order valence-electron chi connectivity index (χ1n) is 6.96. The van der Waals surface area contributed by atoms with E-state index in [9.17, 15) is 18.0 Å². The van der Waals surface area contributed by atoms with Crippen LogP contribution in [0.2, 0.25) is 0 Å². The van der Waals surface area contributed by atoms with Crippen molar-refractivity contribution in [2.24, 2.45) is 0 Å². The molecule has 2 aliphatic heterocycles. The van der Waals surface area contributed by atoms with Crippen molar-refractivity contribution in [3.63, 3.8) is 0 Å². The molecule has 1 amide bonds. The Bertz CT molecular complexity index is 506. The van der Waals surface area contributed by atoms with Crippen LogP contribution < -0.4 is 0 Å². The molecule has 0 bridgehead atoms. The Morgan fingerprint density at radius 2 is 1.86 bits per heavy atom. The highest BCUT2D eigenvalue weighted by Crippen LogP contribution is 2.18. The van der Waals surface area contributed by atoms with Crippen LogP contribution in [-0.4, -0.2) is 78.7 Å². The molecule has 0 aromatic rings. The van der Waals surface area contributed by atoms with Crippen molar-refractivity contribution in [1.29, 1.82) is 0 Å². The molecule has 2 rings (SSSR count). The number of carboxylic acid groups (broad SMARTS) is 1. The van der Waals surface area contributed by atoms with Gasteiger partial charge in [-0.15, -0.1) is 0 Å². The molecule has 0 aromatic carbocycles. The first kappa shape index (κ1) is 16.2. The minimum Gasteiger partial charge on any atom is -0.480 e. The van der Waals surface area contributed by atoms with Gasteiger partial charge in [-0.2, -0.15) is 4.31 Å². The summed E-state index contributed by atoms with van der Waals surface area (Å²) in [7, 11) is -3.86. The highest BCUT2D eigenvalue weighted by Gasteiger charge is 2.37. The highest BCUT2D eigenvalue weighted by atomic mass is 32.2. The SMILES string of the molecule is CC(C(=O)O)S(=O)(=O)N1CCN(C(=O)C2CCCO2)CC1. The summed E-state index contributed by atoms with van der Waals surface area (Å²) in [6, 6.07) is 0. The molecule has 2 saturated heterocycles. The number of hydrogen-bond donors (Lipinski definition) is 1. The molecule has 1 N–H and O–H groups in total. The molecule has 0 aliphatic carbocycles. The molecule has 0 radical (unpaired) electrons. The van der Waals surface area contributed by atoms with Crippen LogP contribution in [0.4, 0.5) is 0 Å². The van der Waals surface area contributed by atoms with Gasteiger partial charge in [0.1, 0.15) is 6.10 Å². The van der Waals surface area contributed by atoms with Gasteiger partial charge in [-0.05, 0) is 19.8 Å². The molecule has 0 saturated carbocycles. The number of hydrogen-bond acceptors (Lipinski definition) is 5. The summed E-state index contributed by atoms with van der Waals surface area (Å²) in [6.45, 7) is 2.52. The first-order valence-corrected chi connectivity index (χ1v) is 8.46. The zero-order chi connectivity index (χ0) is 15.6. The van der Waals surface area contributed by atoms with E-state index in [0.717, 1.165) is 17.6 Å². The zero-order valence-electron chi connectivity index (χ0n) is 11.9. The van der Waals surface area contributed by atoms with Crippen LogP contribution in [0.15, 0.2) is 0 Å². The lowest BCUT2D eigenvalue weighted by Gasteiger charge is -2.35. The number of amides is 1. The van der Waals surface area contributed by atoms with Crippen LogP contribution in [0.25, 0.3) is 0 Å². The van der Waals surface area contributed by atoms with E-state index in [1.54, 1.807) is 4.90 Å². The van der Waals surface area contributed by atoms with Crippen LogP contribution in [0.1, 0.15) is 19.8 Å². The number of carboxylic acids is 1. The molecule has 2 heterocycles. The zero-order valence-corrected chi connectivity index (χ0v) is 12.7. The van der Waals surface area contributed by atoms with Crippen molar-refractivity contribution in [2.45, 2.75) is 31.1 Å². The number of aliphatic carboxylic acids is 1. The number of rotatable bonds is 4. The number of nitrogens with zero attached hydrogens (tertiary/aromatic N) is 2. The second-order valence-electron chi connectivity index (χ2n) is 5.25. The fourth-order valence-corrected chi connectivity index (χ4v) is 3.86. The van der Waals surface area contributed by atoms with Gasteiger partial charge in [-0.25, -0.2) is 8.42 Å². The van der Waals surface area contributed by atoms with E-state index >= 15 is 0 Å². The van der Waals surface area contributed by atoms with Gasteiger partial charge in [-0.1, -0.05) is 0 Å². The Kier molecular flexibility index (Phi) is 4.84. The maximum atomic E-state index is 12.1. The molecule has 2 aliphatic rings. The molecule has 120 valence electrons. The van der Waals surface area contributed by atoms with Crippen LogP contribution in [0.3, 0.4) is 0 Å². The summed E-state index contributed by atoms with van der Waals surface area (Å²) in [5.41, 5.74) is 0. The summed E-state index contributed by atoms with van der Waals surface area (Å²) in [6.07, 6.45) is 1.15. The van der Waals surface area contributed by atoms with Gasteiger partial charge < -0.3 is 14.7 Å². The largest absolute Gasteiger partial charge is 0.480 e. The van der Waals surface area contributed by atoms with E-state index in [2.05, 4.69) is 0 Å². The number of carbonyl (C=O) groups is 2. The number of ether oxygens (including phenoxy) is 1. The Labute approximate surface area is 123 Å². The second kappa shape index (κ2) is 6.29. The topological polar surface area (TPSA) is 104 Å². The maximum Gasteiger partial charge on any atom is 0.323 e. The Hall–Kier alpha value is -1.19. The normalized spacial score (nSPS) is 25.8. The van der Waals surface area contributed by atoms with E-state index in [1.165, 1.54) is 0 Å². The Morgan fingerprint density at radius 3 is 2.33 bits per heavy atom. The standard InChI is InChI=1S/C12H20N2O6S/c1-9(12(16)17)21(18,19)14-6-4-13(5-7-14)11(15)10-3-2-8-20-10/h9-10H,2-8H2,1H3,(H,16,17). The average molecular weight is 320 g/mol. The molecular formula is C12H20N2O6S. The van der Waals surface area contributed by atoms with E-state index in [-0.39, 0.29) is 32.1 Å². The summed E-state index contributed by atoms with van der Waals surface area (Å²) < 4.78 is 30.6. The van der Waals surface area contributed by atoms with Gasteiger partial charge in [0.15, 0.2) is 5.25 Å². The van der Waals surface area contributed by atoms with E-state index in [0.29, 0.717) is 13.0 Å². The van der Waals surface area contributed by atoms with Crippen molar-refractivity contribution in [3.05, 3.63) is 0 Å². The van der Waals surface area contributed by atoms with Gasteiger partial charge in [0.05, 0.1) is 0 Å². The van der Waals surface area contributed by atoms with E-state index in [1.807, 2.05) is 0 Å². The number of sulfonamides is 1. The lowest BCUT2D eigenvalue weighted by atomic mass is 10.2. The summed E-state index contributed by atoms with van der Waals surface area (Å²) in [4.78, 5) is 24.6. The minimum atomic E-state index is -3.86. The maximum absolute atomic E-state index is 12.1.